The fourth-order valence-corrected chi connectivity index (χ4v) is 2.41. The Bertz CT molecular complexity index is 461. The minimum Gasteiger partial charge on any atom is -0.480 e. The Morgan fingerprint density at radius 1 is 1.47 bits per heavy atom. The summed E-state index contributed by atoms with van der Waals surface area (Å²) < 4.78 is 0. The SMILES string of the molecule is CCC(C(=O)O)N(C)C(=O)N(C)Cc1csc(C)n1. The summed E-state index contributed by atoms with van der Waals surface area (Å²) in [5.41, 5.74) is 0.815. The lowest BCUT2D eigenvalue weighted by atomic mass is 10.2. The second-order valence-corrected chi connectivity index (χ2v) is 5.43. The summed E-state index contributed by atoms with van der Waals surface area (Å²) in [5.74, 6) is -0.990. The van der Waals surface area contributed by atoms with Crippen molar-refractivity contribution in [2.75, 3.05) is 14.1 Å². The van der Waals surface area contributed by atoms with Gasteiger partial charge < -0.3 is 14.9 Å². The molecule has 6 nitrogen and oxygen atoms in total. The number of thiazole rings is 1. The number of rotatable bonds is 5. The molecular formula is C12H19N3O3S. The number of carboxylic acids is 1. The van der Waals surface area contributed by atoms with Gasteiger partial charge in [0.25, 0.3) is 0 Å². The third-order valence-electron chi connectivity index (χ3n) is 2.83. The van der Waals surface area contributed by atoms with Gasteiger partial charge in [0.1, 0.15) is 6.04 Å². The molecule has 0 aliphatic rings. The van der Waals surface area contributed by atoms with E-state index in [1.54, 1.807) is 14.0 Å². The maximum absolute atomic E-state index is 12.1. The van der Waals surface area contributed by atoms with Gasteiger partial charge in [-0.25, -0.2) is 14.6 Å². The number of carbonyl (C=O) groups excluding carboxylic acids is 1. The van der Waals surface area contributed by atoms with E-state index in [1.807, 2.05) is 12.3 Å². The normalized spacial score (nSPS) is 12.0. The molecule has 1 aromatic rings. The Morgan fingerprint density at radius 3 is 2.53 bits per heavy atom. The zero-order chi connectivity index (χ0) is 14.6. The maximum atomic E-state index is 12.1. The number of aliphatic carboxylic acids is 1. The van der Waals surface area contributed by atoms with Crippen molar-refractivity contribution in [2.45, 2.75) is 32.9 Å². The highest BCUT2D eigenvalue weighted by atomic mass is 32.1. The first-order valence-corrected chi connectivity index (χ1v) is 6.86. The molecule has 2 amide bonds. The van der Waals surface area contributed by atoms with Crippen LogP contribution in [0.2, 0.25) is 0 Å². The molecule has 19 heavy (non-hydrogen) atoms. The van der Waals surface area contributed by atoms with Gasteiger partial charge in [-0.05, 0) is 13.3 Å². The maximum Gasteiger partial charge on any atom is 0.326 e. The number of hydrogen-bond donors (Lipinski definition) is 1. The van der Waals surface area contributed by atoms with Gasteiger partial charge in [-0.2, -0.15) is 0 Å². The average Bonchev–Trinajstić information content (AvgIpc) is 2.73. The Balaban J connectivity index is 2.68. The summed E-state index contributed by atoms with van der Waals surface area (Å²) in [7, 11) is 3.15. The topological polar surface area (TPSA) is 73.7 Å². The fraction of sp³-hybridized carbons (Fsp3) is 0.583. The van der Waals surface area contributed by atoms with Crippen LogP contribution in [0.15, 0.2) is 5.38 Å². The zero-order valence-electron chi connectivity index (χ0n) is 11.6. The van der Waals surface area contributed by atoms with Crippen LogP contribution >= 0.6 is 11.3 Å². The zero-order valence-corrected chi connectivity index (χ0v) is 12.4. The summed E-state index contributed by atoms with van der Waals surface area (Å²) in [6, 6.07) is -1.12. The van der Waals surface area contributed by atoms with Crippen LogP contribution in [0.4, 0.5) is 4.79 Å². The van der Waals surface area contributed by atoms with E-state index < -0.39 is 12.0 Å². The van der Waals surface area contributed by atoms with Crippen LogP contribution in [0, 0.1) is 6.92 Å². The van der Waals surface area contributed by atoms with Gasteiger partial charge in [-0.15, -0.1) is 11.3 Å². The molecule has 7 heteroatoms. The van der Waals surface area contributed by atoms with Crippen LogP contribution < -0.4 is 0 Å². The molecule has 1 unspecified atom stereocenters. The molecule has 0 saturated carbocycles. The smallest absolute Gasteiger partial charge is 0.326 e. The first kappa shape index (κ1) is 15.4. The van der Waals surface area contributed by atoms with Gasteiger partial charge in [0.15, 0.2) is 0 Å². The number of carbonyl (C=O) groups is 2. The van der Waals surface area contributed by atoms with Gasteiger partial charge in [-0.1, -0.05) is 6.92 Å². The average molecular weight is 285 g/mol. The predicted molar refractivity (Wildman–Crippen MR) is 73.2 cm³/mol. The van der Waals surface area contributed by atoms with Crippen LogP contribution in [0.25, 0.3) is 0 Å². The highest BCUT2D eigenvalue weighted by Crippen LogP contribution is 2.12. The molecule has 0 saturated heterocycles. The minimum atomic E-state index is -0.990. The molecular weight excluding hydrogens is 266 g/mol. The van der Waals surface area contributed by atoms with Gasteiger partial charge in [0.05, 0.1) is 17.2 Å². The van der Waals surface area contributed by atoms with Crippen LogP contribution in [0.1, 0.15) is 24.0 Å². The number of aryl methyl sites for hydroxylation is 1. The Hall–Kier alpha value is -1.63. The Labute approximate surface area is 116 Å². The van der Waals surface area contributed by atoms with E-state index in [0.29, 0.717) is 13.0 Å². The minimum absolute atomic E-state index is 0.320. The van der Waals surface area contributed by atoms with Crippen molar-refractivity contribution in [3.05, 3.63) is 16.1 Å². The molecule has 0 bridgehead atoms. The van der Waals surface area contributed by atoms with E-state index in [-0.39, 0.29) is 6.03 Å². The van der Waals surface area contributed by atoms with Gasteiger partial charge in [0, 0.05) is 19.5 Å². The monoisotopic (exact) mass is 285 g/mol. The number of amides is 2. The number of hydrogen-bond acceptors (Lipinski definition) is 4. The highest BCUT2D eigenvalue weighted by Gasteiger charge is 2.26. The molecule has 1 heterocycles. The first-order chi connectivity index (χ1) is 8.86. The van der Waals surface area contributed by atoms with E-state index in [0.717, 1.165) is 10.7 Å². The Kier molecular flexibility index (Phi) is 5.29. The lowest BCUT2D eigenvalue weighted by molar-refractivity contribution is -0.142. The first-order valence-electron chi connectivity index (χ1n) is 5.98. The second kappa shape index (κ2) is 6.51. The lowest BCUT2D eigenvalue weighted by Gasteiger charge is -2.28. The van der Waals surface area contributed by atoms with Gasteiger partial charge in [-0.3, -0.25) is 0 Å². The molecule has 0 spiro atoms. The molecule has 1 N–H and O–H groups in total. The molecule has 0 aliphatic carbocycles. The van der Waals surface area contributed by atoms with Crippen LogP contribution in [0.3, 0.4) is 0 Å². The van der Waals surface area contributed by atoms with Crippen molar-refractivity contribution in [1.29, 1.82) is 0 Å². The number of nitrogens with zero attached hydrogens (tertiary/aromatic N) is 3. The van der Waals surface area contributed by atoms with Crippen molar-refractivity contribution < 1.29 is 14.7 Å². The molecule has 1 atom stereocenters. The summed E-state index contributed by atoms with van der Waals surface area (Å²) >= 11 is 1.53. The summed E-state index contributed by atoms with van der Waals surface area (Å²) in [5, 5.41) is 11.9. The number of carboxylic acid groups (broad SMARTS) is 1. The van der Waals surface area contributed by atoms with Gasteiger partial charge >= 0.3 is 12.0 Å². The number of urea groups is 1. The molecule has 106 valence electrons. The number of aromatic nitrogens is 1. The van der Waals surface area contributed by atoms with Crippen LogP contribution in [0.5, 0.6) is 0 Å². The van der Waals surface area contributed by atoms with Crippen molar-refractivity contribution in [2.24, 2.45) is 0 Å². The molecule has 0 radical (unpaired) electrons. The quantitative estimate of drug-likeness (QED) is 0.895. The third kappa shape index (κ3) is 3.92. The highest BCUT2D eigenvalue weighted by molar-refractivity contribution is 7.09. The molecule has 0 fully saturated rings. The van der Waals surface area contributed by atoms with Crippen molar-refractivity contribution in [3.8, 4) is 0 Å². The Morgan fingerprint density at radius 2 is 2.11 bits per heavy atom. The van der Waals surface area contributed by atoms with Crippen LogP contribution in [-0.2, 0) is 11.3 Å². The lowest BCUT2D eigenvalue weighted by Crippen LogP contribution is -2.47. The molecule has 1 rings (SSSR count). The summed E-state index contributed by atoms with van der Waals surface area (Å²) in [6.07, 6.45) is 0.376. The van der Waals surface area contributed by atoms with Crippen molar-refractivity contribution in [3.63, 3.8) is 0 Å². The second-order valence-electron chi connectivity index (χ2n) is 4.37. The molecule has 0 aromatic carbocycles. The largest absolute Gasteiger partial charge is 0.480 e. The van der Waals surface area contributed by atoms with E-state index in [9.17, 15) is 9.59 Å². The van der Waals surface area contributed by atoms with Gasteiger partial charge in [0.2, 0.25) is 0 Å². The predicted octanol–water partition coefficient (Wildman–Crippen LogP) is 1.80. The van der Waals surface area contributed by atoms with E-state index in [1.165, 1.54) is 28.2 Å². The third-order valence-corrected chi connectivity index (χ3v) is 3.66. The molecule has 1 aromatic heterocycles. The number of likely N-dealkylation sites (N-methyl/N-ethyl adjacent to an activating group) is 1. The van der Waals surface area contributed by atoms with E-state index in [2.05, 4.69) is 4.98 Å². The van der Waals surface area contributed by atoms with E-state index in [4.69, 9.17) is 5.11 Å². The standard InChI is InChI=1S/C12H19N3O3S/c1-5-10(11(16)17)15(4)12(18)14(3)6-9-7-19-8(2)13-9/h7,10H,5-6H2,1-4H3,(H,16,17). The molecule has 0 aliphatic heterocycles. The van der Waals surface area contributed by atoms with E-state index >= 15 is 0 Å². The summed E-state index contributed by atoms with van der Waals surface area (Å²) in [4.78, 5) is 30.2. The fourth-order valence-electron chi connectivity index (χ4n) is 1.81. The van der Waals surface area contributed by atoms with Crippen LogP contribution in [-0.4, -0.2) is 52.0 Å². The van der Waals surface area contributed by atoms with Crippen molar-refractivity contribution in [1.82, 2.24) is 14.8 Å². The van der Waals surface area contributed by atoms with Crippen molar-refractivity contribution >= 4 is 23.3 Å². The summed E-state index contributed by atoms with van der Waals surface area (Å²) in [6.45, 7) is 4.02.